The zero-order valence-electron chi connectivity index (χ0n) is 10.5. The monoisotopic (exact) mass is 252 g/mol. The second kappa shape index (κ2) is 5.90. The highest BCUT2D eigenvalue weighted by Crippen LogP contribution is 2.22. The molecule has 98 valence electrons. The van der Waals surface area contributed by atoms with Crippen LogP contribution in [0.2, 0.25) is 0 Å². The maximum Gasteiger partial charge on any atom is 0.339 e. The molecule has 0 unspecified atom stereocenters. The van der Waals surface area contributed by atoms with Gasteiger partial charge < -0.3 is 20.5 Å². The fourth-order valence-electron chi connectivity index (χ4n) is 1.38. The molecule has 0 aliphatic carbocycles. The molecule has 6 heteroatoms. The highest BCUT2D eigenvalue weighted by atomic mass is 16.5. The topological polar surface area (TPSA) is 87.7 Å². The van der Waals surface area contributed by atoms with Crippen molar-refractivity contribution in [2.75, 3.05) is 12.4 Å². The third-order valence-corrected chi connectivity index (χ3v) is 2.11. The van der Waals surface area contributed by atoms with Gasteiger partial charge in [0, 0.05) is 11.7 Å². The predicted molar refractivity (Wildman–Crippen MR) is 67.2 cm³/mol. The van der Waals surface area contributed by atoms with E-state index in [-0.39, 0.29) is 23.4 Å². The molecule has 0 atom stereocenters. The molecular formula is C12H16N2O4. The third-order valence-electron chi connectivity index (χ3n) is 2.11. The van der Waals surface area contributed by atoms with Crippen LogP contribution in [-0.4, -0.2) is 30.3 Å². The molecule has 0 saturated carbocycles. The third kappa shape index (κ3) is 3.65. The van der Waals surface area contributed by atoms with Crippen LogP contribution in [-0.2, 0) is 0 Å². The van der Waals surface area contributed by atoms with Crippen LogP contribution in [0.25, 0.3) is 0 Å². The maximum atomic E-state index is 11.5. The van der Waals surface area contributed by atoms with Gasteiger partial charge in [-0.15, -0.1) is 0 Å². The van der Waals surface area contributed by atoms with Crippen LogP contribution in [0.1, 0.15) is 24.2 Å². The van der Waals surface area contributed by atoms with Crippen LogP contribution in [0, 0.1) is 0 Å². The molecule has 0 fully saturated rings. The average Bonchev–Trinajstić information content (AvgIpc) is 2.27. The van der Waals surface area contributed by atoms with E-state index in [0.717, 1.165) is 0 Å². The van der Waals surface area contributed by atoms with Gasteiger partial charge in [-0.3, -0.25) is 0 Å². The Morgan fingerprint density at radius 1 is 1.33 bits per heavy atom. The number of carboxylic acids is 1. The lowest BCUT2D eigenvalue weighted by Crippen LogP contribution is -2.34. The molecule has 0 bridgehead atoms. The molecule has 0 radical (unpaired) electrons. The van der Waals surface area contributed by atoms with Crippen LogP contribution in [0.15, 0.2) is 18.2 Å². The highest BCUT2D eigenvalue weighted by molar-refractivity contribution is 5.95. The number of anilines is 1. The fraction of sp³-hybridized carbons (Fsp3) is 0.333. The molecule has 2 amide bonds. The quantitative estimate of drug-likeness (QED) is 0.764. The molecule has 0 spiro atoms. The molecule has 0 heterocycles. The largest absolute Gasteiger partial charge is 0.496 e. The van der Waals surface area contributed by atoms with Crippen molar-refractivity contribution in [3.8, 4) is 5.75 Å². The minimum absolute atomic E-state index is 0.000142. The van der Waals surface area contributed by atoms with Gasteiger partial charge in [-0.25, -0.2) is 9.59 Å². The number of carboxylic acid groups (broad SMARTS) is 1. The summed E-state index contributed by atoms with van der Waals surface area (Å²) < 4.78 is 4.92. The molecule has 1 aromatic rings. The molecule has 0 aliphatic rings. The van der Waals surface area contributed by atoms with Crippen LogP contribution >= 0.6 is 0 Å². The SMILES string of the molecule is COc1ccc(NC(=O)NC(C)C)cc1C(=O)O. The number of methoxy groups -OCH3 is 1. The van der Waals surface area contributed by atoms with Gasteiger partial charge in [-0.2, -0.15) is 0 Å². The second-order valence-electron chi connectivity index (χ2n) is 3.97. The first kappa shape index (κ1) is 13.8. The Balaban J connectivity index is 2.88. The van der Waals surface area contributed by atoms with Gasteiger partial charge in [0.25, 0.3) is 0 Å². The van der Waals surface area contributed by atoms with Crippen molar-refractivity contribution in [1.29, 1.82) is 0 Å². The molecular weight excluding hydrogens is 236 g/mol. The molecule has 6 nitrogen and oxygen atoms in total. The molecule has 3 N–H and O–H groups in total. The van der Waals surface area contributed by atoms with E-state index in [4.69, 9.17) is 9.84 Å². The summed E-state index contributed by atoms with van der Waals surface area (Å²) in [5, 5.41) is 14.2. The number of hydrogen-bond donors (Lipinski definition) is 3. The van der Waals surface area contributed by atoms with E-state index in [1.165, 1.54) is 19.2 Å². The number of carbonyl (C=O) groups excluding carboxylic acids is 1. The zero-order valence-corrected chi connectivity index (χ0v) is 10.5. The van der Waals surface area contributed by atoms with Crippen LogP contribution in [0.5, 0.6) is 5.75 Å². The number of amides is 2. The van der Waals surface area contributed by atoms with Crippen LogP contribution in [0.4, 0.5) is 10.5 Å². The van der Waals surface area contributed by atoms with E-state index >= 15 is 0 Å². The number of aromatic carboxylic acids is 1. The minimum Gasteiger partial charge on any atom is -0.496 e. The summed E-state index contributed by atoms with van der Waals surface area (Å²) in [6.07, 6.45) is 0. The Morgan fingerprint density at radius 3 is 2.50 bits per heavy atom. The standard InChI is InChI=1S/C12H16N2O4/c1-7(2)13-12(17)14-8-4-5-10(18-3)9(6-8)11(15)16/h4-7H,1-3H3,(H,15,16)(H2,13,14,17). The fourth-order valence-corrected chi connectivity index (χ4v) is 1.38. The van der Waals surface area contributed by atoms with Crippen LogP contribution in [0.3, 0.4) is 0 Å². The molecule has 1 aromatic carbocycles. The van der Waals surface area contributed by atoms with Gasteiger partial charge in [0.05, 0.1) is 7.11 Å². The van der Waals surface area contributed by atoms with Crippen molar-refractivity contribution in [2.24, 2.45) is 0 Å². The number of hydrogen-bond acceptors (Lipinski definition) is 3. The number of urea groups is 1. The summed E-state index contributed by atoms with van der Waals surface area (Å²) in [7, 11) is 1.39. The first-order valence-corrected chi connectivity index (χ1v) is 5.43. The van der Waals surface area contributed by atoms with Gasteiger partial charge in [-0.05, 0) is 32.0 Å². The number of ether oxygens (including phenoxy) is 1. The predicted octanol–water partition coefficient (Wildman–Crippen LogP) is 1.92. The number of rotatable bonds is 4. The highest BCUT2D eigenvalue weighted by Gasteiger charge is 2.12. The molecule has 0 aromatic heterocycles. The first-order valence-electron chi connectivity index (χ1n) is 5.43. The lowest BCUT2D eigenvalue weighted by Gasteiger charge is -2.11. The van der Waals surface area contributed by atoms with Crippen molar-refractivity contribution in [3.63, 3.8) is 0 Å². The van der Waals surface area contributed by atoms with E-state index in [1.54, 1.807) is 6.07 Å². The van der Waals surface area contributed by atoms with Crippen molar-refractivity contribution in [3.05, 3.63) is 23.8 Å². The van der Waals surface area contributed by atoms with Crippen molar-refractivity contribution in [2.45, 2.75) is 19.9 Å². The summed E-state index contributed by atoms with van der Waals surface area (Å²) in [4.78, 5) is 22.4. The number of nitrogens with one attached hydrogen (secondary N) is 2. The van der Waals surface area contributed by atoms with E-state index in [9.17, 15) is 9.59 Å². The summed E-state index contributed by atoms with van der Waals surface area (Å²) in [5.41, 5.74) is 0.395. The van der Waals surface area contributed by atoms with Crippen molar-refractivity contribution >= 4 is 17.7 Å². The Morgan fingerprint density at radius 2 is 2.00 bits per heavy atom. The number of carbonyl (C=O) groups is 2. The summed E-state index contributed by atoms with van der Waals surface area (Å²) in [6, 6.07) is 4.04. The zero-order chi connectivity index (χ0) is 13.7. The molecule has 0 saturated heterocycles. The minimum atomic E-state index is -1.11. The van der Waals surface area contributed by atoms with Crippen LogP contribution < -0.4 is 15.4 Å². The average molecular weight is 252 g/mol. The Hall–Kier alpha value is -2.24. The normalized spacial score (nSPS) is 10.0. The lowest BCUT2D eigenvalue weighted by molar-refractivity contribution is 0.0693. The van der Waals surface area contributed by atoms with E-state index in [1.807, 2.05) is 13.8 Å². The van der Waals surface area contributed by atoms with Gasteiger partial charge in [0.1, 0.15) is 11.3 Å². The lowest BCUT2D eigenvalue weighted by atomic mass is 10.2. The molecule has 0 aliphatic heterocycles. The summed E-state index contributed by atoms with van der Waals surface area (Å²) in [6.45, 7) is 3.66. The molecule has 18 heavy (non-hydrogen) atoms. The number of benzene rings is 1. The van der Waals surface area contributed by atoms with E-state index < -0.39 is 5.97 Å². The van der Waals surface area contributed by atoms with Crippen molar-refractivity contribution in [1.82, 2.24) is 5.32 Å². The Kier molecular flexibility index (Phi) is 4.53. The van der Waals surface area contributed by atoms with Gasteiger partial charge >= 0.3 is 12.0 Å². The second-order valence-corrected chi connectivity index (χ2v) is 3.97. The Bertz CT molecular complexity index is 457. The molecule has 1 rings (SSSR count). The van der Waals surface area contributed by atoms with E-state index in [2.05, 4.69) is 10.6 Å². The van der Waals surface area contributed by atoms with Crippen molar-refractivity contribution < 1.29 is 19.4 Å². The maximum absolute atomic E-state index is 11.5. The van der Waals surface area contributed by atoms with Gasteiger partial charge in [0.15, 0.2) is 0 Å². The summed E-state index contributed by atoms with van der Waals surface area (Å²) in [5.74, 6) is -0.864. The smallest absolute Gasteiger partial charge is 0.339 e. The Labute approximate surface area is 105 Å². The van der Waals surface area contributed by atoms with E-state index in [0.29, 0.717) is 5.69 Å². The van der Waals surface area contributed by atoms with Gasteiger partial charge in [0.2, 0.25) is 0 Å². The first-order chi connectivity index (χ1) is 8.43. The summed E-state index contributed by atoms with van der Waals surface area (Å²) >= 11 is 0. The van der Waals surface area contributed by atoms with Gasteiger partial charge in [-0.1, -0.05) is 0 Å².